The van der Waals surface area contributed by atoms with Crippen molar-refractivity contribution in [3.8, 4) is 5.75 Å². The van der Waals surface area contributed by atoms with Crippen molar-refractivity contribution in [3.63, 3.8) is 0 Å². The van der Waals surface area contributed by atoms with Gasteiger partial charge in [0.2, 0.25) is 0 Å². The average molecular weight is 389 g/mol. The molecule has 0 spiro atoms. The van der Waals surface area contributed by atoms with E-state index in [4.69, 9.17) is 0 Å². The summed E-state index contributed by atoms with van der Waals surface area (Å²) < 4.78 is 15.0. The first kappa shape index (κ1) is 17.2. The summed E-state index contributed by atoms with van der Waals surface area (Å²) in [5.74, 6) is 0.179. The summed E-state index contributed by atoms with van der Waals surface area (Å²) in [5, 5.41) is 16.7. The number of imidazole rings is 1. The smallest absolute Gasteiger partial charge is 0.276 e. The van der Waals surface area contributed by atoms with Gasteiger partial charge in [-0.1, -0.05) is 6.07 Å². The lowest BCUT2D eigenvalue weighted by Gasteiger charge is -2.16. The molecule has 0 saturated carbocycles. The van der Waals surface area contributed by atoms with Gasteiger partial charge >= 0.3 is 0 Å². The maximum Gasteiger partial charge on any atom is 0.276 e. The van der Waals surface area contributed by atoms with Crippen molar-refractivity contribution < 1.29 is 14.3 Å². The number of aromatic nitrogens is 3. The Morgan fingerprint density at radius 1 is 1.03 bits per heavy atom. The van der Waals surface area contributed by atoms with Crippen LogP contribution < -0.4 is 10.2 Å². The minimum atomic E-state index is -0.361. The molecule has 0 fully saturated rings. The molecule has 0 atom stereocenters. The Morgan fingerprint density at radius 2 is 1.83 bits per heavy atom. The number of rotatable bonds is 3. The molecule has 2 aromatic heterocycles. The number of hydrogen-bond acceptors (Lipinski definition) is 5. The molecule has 4 aromatic rings. The third-order valence-electron chi connectivity index (χ3n) is 4.92. The molecule has 3 heterocycles. The Balaban J connectivity index is 1.43. The van der Waals surface area contributed by atoms with E-state index < -0.39 is 0 Å². The Kier molecular flexibility index (Phi) is 3.90. The predicted octanol–water partition coefficient (Wildman–Crippen LogP) is 3.35. The number of hydrogen-bond donors (Lipinski definition) is 2. The molecule has 0 bridgehead atoms. The molecule has 8 heteroatoms. The predicted molar refractivity (Wildman–Crippen MR) is 105 cm³/mol. The molecular formula is C21H16FN5O2. The number of amides is 1. The van der Waals surface area contributed by atoms with Crippen molar-refractivity contribution in [2.75, 3.05) is 10.2 Å². The number of anilines is 2. The minimum absolute atomic E-state index is 0.121. The van der Waals surface area contributed by atoms with Crippen LogP contribution in [0.2, 0.25) is 0 Å². The van der Waals surface area contributed by atoms with Gasteiger partial charge in [-0.25, -0.2) is 13.9 Å². The number of carbonyl (C=O) groups is 1. The van der Waals surface area contributed by atoms with Crippen molar-refractivity contribution >= 4 is 23.1 Å². The van der Waals surface area contributed by atoms with Crippen LogP contribution in [0.25, 0.3) is 5.65 Å². The molecule has 29 heavy (non-hydrogen) atoms. The van der Waals surface area contributed by atoms with Crippen molar-refractivity contribution in [2.45, 2.75) is 13.1 Å². The first-order chi connectivity index (χ1) is 14.1. The summed E-state index contributed by atoms with van der Waals surface area (Å²) in [7, 11) is 0. The molecule has 5 rings (SSSR count). The quantitative estimate of drug-likeness (QED) is 0.525. The third-order valence-corrected chi connectivity index (χ3v) is 4.92. The third kappa shape index (κ3) is 3.14. The maximum absolute atomic E-state index is 13.5. The lowest BCUT2D eigenvalue weighted by molar-refractivity contribution is 0.102. The highest BCUT2D eigenvalue weighted by Crippen LogP contribution is 2.27. The van der Waals surface area contributed by atoms with E-state index >= 15 is 0 Å². The highest BCUT2D eigenvalue weighted by molar-refractivity contribution is 6.03. The van der Waals surface area contributed by atoms with E-state index in [0.29, 0.717) is 30.2 Å². The average Bonchev–Trinajstić information content (AvgIpc) is 3.32. The zero-order valence-electron chi connectivity index (χ0n) is 15.2. The molecule has 0 aliphatic carbocycles. The normalized spacial score (nSPS) is 12.9. The highest BCUT2D eigenvalue weighted by atomic mass is 19.1. The highest BCUT2D eigenvalue weighted by Gasteiger charge is 2.22. The van der Waals surface area contributed by atoms with Gasteiger partial charge in [0, 0.05) is 18.8 Å². The summed E-state index contributed by atoms with van der Waals surface area (Å²) in [4.78, 5) is 19.0. The zero-order valence-corrected chi connectivity index (χ0v) is 15.2. The minimum Gasteiger partial charge on any atom is -0.508 e. The van der Waals surface area contributed by atoms with Crippen LogP contribution >= 0.6 is 0 Å². The van der Waals surface area contributed by atoms with Crippen molar-refractivity contribution in [1.29, 1.82) is 0 Å². The number of nitrogens with zero attached hydrogens (tertiary/aromatic N) is 4. The molecular weight excluding hydrogens is 373 g/mol. The topological polar surface area (TPSA) is 82.8 Å². The second kappa shape index (κ2) is 6.59. The number of phenolic OH excluding ortho intramolecular Hbond substituents is 1. The van der Waals surface area contributed by atoms with Crippen LogP contribution in [0, 0.1) is 5.82 Å². The largest absolute Gasteiger partial charge is 0.508 e. The molecule has 0 unspecified atom stereocenters. The van der Waals surface area contributed by atoms with Gasteiger partial charge in [0.05, 0.1) is 6.20 Å². The standard InChI is InChI=1S/C21H16FN5O2/c22-15-2-1-13-11-26(12-14(13)9-15)20-8-7-19-23-10-18(27(19)25-20)21(29)24-16-3-5-17(28)6-4-16/h1-10,28H,11-12H2,(H,24,29). The zero-order chi connectivity index (χ0) is 20.0. The van der Waals surface area contributed by atoms with Crippen LogP contribution in [0.4, 0.5) is 15.9 Å². The lowest BCUT2D eigenvalue weighted by atomic mass is 10.1. The number of benzene rings is 2. The van der Waals surface area contributed by atoms with E-state index in [0.717, 1.165) is 11.1 Å². The SMILES string of the molecule is O=C(Nc1ccc(O)cc1)c1cnc2ccc(N3Cc4ccc(F)cc4C3)nn12. The van der Waals surface area contributed by atoms with E-state index in [1.54, 1.807) is 30.3 Å². The Hall–Kier alpha value is -3.94. The van der Waals surface area contributed by atoms with Gasteiger partial charge in [-0.3, -0.25) is 4.79 Å². The summed E-state index contributed by atoms with van der Waals surface area (Å²) in [6.45, 7) is 1.17. The first-order valence-corrected chi connectivity index (χ1v) is 9.04. The molecule has 144 valence electrons. The van der Waals surface area contributed by atoms with Crippen molar-refractivity contribution in [3.05, 3.63) is 83.4 Å². The van der Waals surface area contributed by atoms with Crippen LogP contribution in [-0.4, -0.2) is 25.6 Å². The molecule has 0 saturated heterocycles. The van der Waals surface area contributed by atoms with Crippen molar-refractivity contribution in [1.82, 2.24) is 14.6 Å². The molecule has 7 nitrogen and oxygen atoms in total. The lowest BCUT2D eigenvalue weighted by Crippen LogP contribution is -2.19. The Bertz CT molecular complexity index is 1240. The van der Waals surface area contributed by atoms with Crippen LogP contribution in [0.3, 0.4) is 0 Å². The molecule has 0 radical (unpaired) electrons. The van der Waals surface area contributed by atoms with Gasteiger partial charge in [-0.05, 0) is 59.7 Å². The van der Waals surface area contributed by atoms with E-state index in [2.05, 4.69) is 15.4 Å². The van der Waals surface area contributed by atoms with Gasteiger partial charge < -0.3 is 15.3 Å². The second-order valence-corrected chi connectivity index (χ2v) is 6.88. The summed E-state index contributed by atoms with van der Waals surface area (Å²) in [6.07, 6.45) is 1.47. The fraction of sp³-hybridized carbons (Fsp3) is 0.0952. The number of fused-ring (bicyclic) bond motifs is 2. The van der Waals surface area contributed by atoms with Crippen LogP contribution in [0.1, 0.15) is 21.6 Å². The molecule has 1 aliphatic heterocycles. The number of aromatic hydroxyl groups is 1. The Morgan fingerprint density at radius 3 is 2.66 bits per heavy atom. The van der Waals surface area contributed by atoms with E-state index in [-0.39, 0.29) is 23.2 Å². The van der Waals surface area contributed by atoms with Crippen LogP contribution in [0.5, 0.6) is 5.75 Å². The van der Waals surface area contributed by atoms with E-state index in [1.165, 1.54) is 28.9 Å². The number of halogens is 1. The van der Waals surface area contributed by atoms with E-state index in [1.807, 2.05) is 11.0 Å². The van der Waals surface area contributed by atoms with Crippen LogP contribution in [-0.2, 0) is 13.1 Å². The number of nitrogens with one attached hydrogen (secondary N) is 1. The van der Waals surface area contributed by atoms with Gasteiger partial charge in [-0.15, -0.1) is 5.10 Å². The van der Waals surface area contributed by atoms with Gasteiger partial charge in [0.15, 0.2) is 11.3 Å². The second-order valence-electron chi connectivity index (χ2n) is 6.88. The molecule has 2 N–H and O–H groups in total. The molecule has 2 aromatic carbocycles. The summed E-state index contributed by atoms with van der Waals surface area (Å²) in [6, 6.07) is 14.6. The summed E-state index contributed by atoms with van der Waals surface area (Å²) >= 11 is 0. The van der Waals surface area contributed by atoms with Crippen LogP contribution in [0.15, 0.2) is 60.8 Å². The Labute approximate surface area is 165 Å². The maximum atomic E-state index is 13.5. The fourth-order valence-corrected chi connectivity index (χ4v) is 3.45. The van der Waals surface area contributed by atoms with Gasteiger partial charge in [-0.2, -0.15) is 0 Å². The van der Waals surface area contributed by atoms with Crippen molar-refractivity contribution in [2.24, 2.45) is 0 Å². The van der Waals surface area contributed by atoms with Gasteiger partial charge in [0.25, 0.3) is 5.91 Å². The fourth-order valence-electron chi connectivity index (χ4n) is 3.45. The first-order valence-electron chi connectivity index (χ1n) is 9.04. The molecule has 1 amide bonds. The van der Waals surface area contributed by atoms with E-state index in [9.17, 15) is 14.3 Å². The number of phenols is 1. The summed E-state index contributed by atoms with van der Waals surface area (Å²) in [5.41, 5.74) is 3.38. The number of carbonyl (C=O) groups excluding carboxylic acids is 1. The monoisotopic (exact) mass is 389 g/mol. The molecule has 1 aliphatic rings. The van der Waals surface area contributed by atoms with Gasteiger partial charge in [0.1, 0.15) is 17.4 Å².